The van der Waals surface area contributed by atoms with Crippen molar-refractivity contribution >= 4 is 0 Å². The van der Waals surface area contributed by atoms with Gasteiger partial charge in [0.15, 0.2) is 0 Å². The van der Waals surface area contributed by atoms with Crippen molar-refractivity contribution < 1.29 is 4.74 Å². The number of rotatable bonds is 10. The Morgan fingerprint density at radius 1 is 0.897 bits per heavy atom. The fourth-order valence-electron chi connectivity index (χ4n) is 4.46. The Kier molecular flexibility index (Phi) is 8.40. The molecule has 1 fully saturated rings. The smallest absolute Gasteiger partial charge is 0.119 e. The average Bonchev–Trinajstić information content (AvgIpc) is 2.78. The van der Waals surface area contributed by atoms with E-state index in [1.54, 1.807) is 0 Å². The highest BCUT2D eigenvalue weighted by atomic mass is 16.5. The number of hydrogen-bond donors (Lipinski definition) is 0. The molecule has 2 aromatic carbocycles. The second kappa shape index (κ2) is 11.2. The lowest BCUT2D eigenvalue weighted by atomic mass is 9.77. The first kappa shape index (κ1) is 21.7. The summed E-state index contributed by atoms with van der Waals surface area (Å²) in [5.74, 6) is 2.60. The van der Waals surface area contributed by atoms with Gasteiger partial charge in [-0.05, 0) is 92.0 Å². The summed E-state index contributed by atoms with van der Waals surface area (Å²) in [5, 5.41) is 0. The van der Waals surface area contributed by atoms with E-state index in [4.69, 9.17) is 4.74 Å². The normalized spacial score (nSPS) is 19.1. The minimum atomic E-state index is 0.639. The lowest BCUT2D eigenvalue weighted by Crippen LogP contribution is -2.13. The fourth-order valence-corrected chi connectivity index (χ4v) is 4.46. The van der Waals surface area contributed by atoms with Gasteiger partial charge in [-0.15, -0.1) is 0 Å². The molecule has 0 bridgehead atoms. The summed E-state index contributed by atoms with van der Waals surface area (Å²) in [6.45, 7) is 9.24. The van der Waals surface area contributed by atoms with E-state index in [2.05, 4.69) is 69.0 Å². The van der Waals surface area contributed by atoms with Gasteiger partial charge in [0.25, 0.3) is 0 Å². The number of benzene rings is 2. The molecule has 0 radical (unpaired) electrons. The van der Waals surface area contributed by atoms with Crippen molar-refractivity contribution in [3.8, 4) is 5.75 Å². The molecule has 0 aromatic heterocycles. The zero-order valence-electron chi connectivity index (χ0n) is 18.5. The van der Waals surface area contributed by atoms with Crippen molar-refractivity contribution in [3.63, 3.8) is 0 Å². The van der Waals surface area contributed by atoms with Gasteiger partial charge >= 0.3 is 0 Å². The first-order valence-electron chi connectivity index (χ1n) is 11.6. The molecule has 2 aromatic rings. The van der Waals surface area contributed by atoms with Gasteiger partial charge in [-0.1, -0.05) is 68.8 Å². The maximum atomic E-state index is 6.01. The van der Waals surface area contributed by atoms with Crippen molar-refractivity contribution in [3.05, 3.63) is 77.4 Å². The van der Waals surface area contributed by atoms with Crippen LogP contribution in [0.2, 0.25) is 0 Å². The van der Waals surface area contributed by atoms with E-state index in [0.29, 0.717) is 6.61 Å². The van der Waals surface area contributed by atoms with Crippen molar-refractivity contribution in [2.24, 2.45) is 5.92 Å². The summed E-state index contributed by atoms with van der Waals surface area (Å²) in [6, 6.07) is 17.7. The van der Waals surface area contributed by atoms with Crippen LogP contribution in [0.15, 0.2) is 60.7 Å². The van der Waals surface area contributed by atoms with Crippen molar-refractivity contribution in [1.29, 1.82) is 0 Å². The highest BCUT2D eigenvalue weighted by Crippen LogP contribution is 2.38. The molecule has 0 saturated heterocycles. The Morgan fingerprint density at radius 3 is 2.17 bits per heavy atom. The van der Waals surface area contributed by atoms with Crippen LogP contribution in [0, 0.1) is 5.92 Å². The van der Waals surface area contributed by atoms with Crippen LogP contribution in [0.1, 0.15) is 87.8 Å². The highest BCUT2D eigenvalue weighted by Gasteiger charge is 2.22. The number of allylic oxidation sites excluding steroid dienone is 1. The molecule has 1 nitrogen and oxygen atoms in total. The summed E-state index contributed by atoms with van der Waals surface area (Å²) >= 11 is 0. The van der Waals surface area contributed by atoms with Gasteiger partial charge in [0.2, 0.25) is 0 Å². The Labute approximate surface area is 178 Å². The van der Waals surface area contributed by atoms with Gasteiger partial charge in [0, 0.05) is 0 Å². The molecule has 0 unspecified atom stereocenters. The van der Waals surface area contributed by atoms with E-state index in [0.717, 1.165) is 30.4 Å². The third kappa shape index (κ3) is 6.77. The summed E-state index contributed by atoms with van der Waals surface area (Å²) in [4.78, 5) is 0. The molecule has 0 atom stereocenters. The maximum Gasteiger partial charge on any atom is 0.119 e. The molecular formula is C28H38O. The zero-order chi connectivity index (χ0) is 20.5. The second-order valence-corrected chi connectivity index (χ2v) is 8.78. The molecule has 0 aliphatic heterocycles. The molecule has 29 heavy (non-hydrogen) atoms. The van der Waals surface area contributed by atoms with Crippen LogP contribution in [-0.2, 0) is 13.0 Å². The molecule has 3 rings (SSSR count). The summed E-state index contributed by atoms with van der Waals surface area (Å²) in [5.41, 5.74) is 5.54. The summed E-state index contributed by atoms with van der Waals surface area (Å²) in [7, 11) is 0. The third-order valence-corrected chi connectivity index (χ3v) is 6.57. The molecule has 1 aliphatic carbocycles. The zero-order valence-corrected chi connectivity index (χ0v) is 18.5. The van der Waals surface area contributed by atoms with Gasteiger partial charge in [-0.25, -0.2) is 0 Å². The Balaban J connectivity index is 1.43. The van der Waals surface area contributed by atoms with Crippen LogP contribution in [0.5, 0.6) is 5.75 Å². The summed E-state index contributed by atoms with van der Waals surface area (Å²) < 4.78 is 6.01. The van der Waals surface area contributed by atoms with E-state index in [9.17, 15) is 0 Å². The predicted octanol–water partition coefficient (Wildman–Crippen LogP) is 8.24. The van der Waals surface area contributed by atoms with Crippen molar-refractivity contribution in [1.82, 2.24) is 0 Å². The maximum absolute atomic E-state index is 6.01. The predicted molar refractivity (Wildman–Crippen MR) is 125 cm³/mol. The van der Waals surface area contributed by atoms with E-state index < -0.39 is 0 Å². The molecule has 0 amide bonds. The molecular weight excluding hydrogens is 352 g/mol. The topological polar surface area (TPSA) is 9.23 Å². The third-order valence-electron chi connectivity index (χ3n) is 6.57. The quantitative estimate of drug-likeness (QED) is 0.371. The first-order chi connectivity index (χ1) is 14.2. The van der Waals surface area contributed by atoms with Crippen LogP contribution in [0.25, 0.3) is 0 Å². The molecule has 1 aliphatic rings. The Bertz CT molecular complexity index is 733. The van der Waals surface area contributed by atoms with Gasteiger partial charge in [0.1, 0.15) is 12.4 Å². The van der Waals surface area contributed by atoms with E-state index in [-0.39, 0.29) is 0 Å². The second-order valence-electron chi connectivity index (χ2n) is 8.78. The lowest BCUT2D eigenvalue weighted by molar-refractivity contribution is 0.303. The van der Waals surface area contributed by atoms with E-state index in [1.165, 1.54) is 67.2 Å². The number of ether oxygens (including phenoxy) is 1. The van der Waals surface area contributed by atoms with Gasteiger partial charge in [0.05, 0.1) is 0 Å². The minimum Gasteiger partial charge on any atom is -0.489 e. The lowest BCUT2D eigenvalue weighted by Gasteiger charge is -2.29. The Morgan fingerprint density at radius 2 is 1.55 bits per heavy atom. The van der Waals surface area contributed by atoms with Gasteiger partial charge in [-0.2, -0.15) is 0 Å². The van der Waals surface area contributed by atoms with Crippen LogP contribution in [-0.4, -0.2) is 0 Å². The van der Waals surface area contributed by atoms with Crippen molar-refractivity contribution in [2.45, 2.75) is 84.2 Å². The van der Waals surface area contributed by atoms with Crippen LogP contribution in [0.3, 0.4) is 0 Å². The number of hydrogen-bond acceptors (Lipinski definition) is 1. The minimum absolute atomic E-state index is 0.639. The van der Waals surface area contributed by atoms with E-state index in [1.807, 2.05) is 0 Å². The highest BCUT2D eigenvalue weighted by molar-refractivity contribution is 5.30. The molecule has 0 spiro atoms. The van der Waals surface area contributed by atoms with Crippen LogP contribution < -0.4 is 4.74 Å². The molecule has 1 heteroatoms. The SMILES string of the molecule is C=C(CC)CCC1CCC(c2ccc(OCc3ccc(CCC)cc3)cc2)CC1. The fraction of sp³-hybridized carbons (Fsp3) is 0.500. The molecule has 156 valence electrons. The molecule has 1 saturated carbocycles. The van der Waals surface area contributed by atoms with Crippen molar-refractivity contribution in [2.75, 3.05) is 0 Å². The standard InChI is InChI=1S/C28H38O/c1-4-6-23-9-11-25(12-10-23)21-29-28-19-17-27(18-20-28)26-15-13-24(14-16-26)8-7-22(3)5-2/h9-12,17-20,24,26H,3-8,13-16,21H2,1-2H3. The first-order valence-corrected chi connectivity index (χ1v) is 11.6. The summed E-state index contributed by atoms with van der Waals surface area (Å²) in [6.07, 6.45) is 11.4. The van der Waals surface area contributed by atoms with Gasteiger partial charge < -0.3 is 4.74 Å². The molecule has 0 heterocycles. The Hall–Kier alpha value is -2.02. The van der Waals surface area contributed by atoms with Crippen LogP contribution in [0.4, 0.5) is 0 Å². The average molecular weight is 391 g/mol. The molecule has 0 N–H and O–H groups in total. The van der Waals surface area contributed by atoms with Crippen LogP contribution >= 0.6 is 0 Å². The number of aryl methyl sites for hydroxylation is 1. The largest absolute Gasteiger partial charge is 0.489 e. The van der Waals surface area contributed by atoms with Gasteiger partial charge in [-0.3, -0.25) is 0 Å². The van der Waals surface area contributed by atoms with E-state index >= 15 is 0 Å². The monoisotopic (exact) mass is 390 g/mol.